The maximum absolute atomic E-state index is 14.1. The van der Waals surface area contributed by atoms with Crippen molar-refractivity contribution in [3.63, 3.8) is 0 Å². The zero-order valence-electron chi connectivity index (χ0n) is 23.6. The van der Waals surface area contributed by atoms with Gasteiger partial charge in [0.25, 0.3) is 0 Å². The maximum atomic E-state index is 14.1. The van der Waals surface area contributed by atoms with Gasteiger partial charge in [-0.15, -0.1) is 5.10 Å². The number of pyridine rings is 1. The van der Waals surface area contributed by atoms with Crippen molar-refractivity contribution in [3.8, 4) is 0 Å². The number of hydrogen-bond acceptors (Lipinski definition) is 7. The summed E-state index contributed by atoms with van der Waals surface area (Å²) in [6.45, 7) is 7.21. The molecule has 10 heteroatoms. The van der Waals surface area contributed by atoms with Gasteiger partial charge in [0.05, 0.1) is 11.6 Å². The lowest BCUT2D eigenvalue weighted by molar-refractivity contribution is -0.142. The summed E-state index contributed by atoms with van der Waals surface area (Å²) < 4.78 is 7.32. The number of benzene rings is 2. The van der Waals surface area contributed by atoms with Gasteiger partial charge in [-0.2, -0.15) is 0 Å². The van der Waals surface area contributed by atoms with Gasteiger partial charge in [-0.25, -0.2) is 4.68 Å². The molecule has 0 spiro atoms. The van der Waals surface area contributed by atoms with Crippen LogP contribution in [0.1, 0.15) is 43.9 Å². The van der Waals surface area contributed by atoms with Crippen molar-refractivity contribution >= 4 is 28.5 Å². The molecule has 1 N–H and O–H groups in total. The highest BCUT2D eigenvalue weighted by atomic mass is 16.5. The molecule has 2 amide bonds. The molecular weight excluding hydrogens is 518 g/mol. The van der Waals surface area contributed by atoms with E-state index in [4.69, 9.17) is 4.74 Å². The van der Waals surface area contributed by atoms with E-state index < -0.39 is 6.04 Å². The zero-order chi connectivity index (χ0) is 28.6. The van der Waals surface area contributed by atoms with Crippen LogP contribution in [-0.4, -0.2) is 69.0 Å². The van der Waals surface area contributed by atoms with Crippen LogP contribution in [0.3, 0.4) is 0 Å². The SMILES string of the molecule is CCN(CC)c1ccc([C@H](C(=O)NC[C@@H]2CCCO2)N(Cc2cccnc2)C(=O)Cn2nnc3ccccc32)cc1. The van der Waals surface area contributed by atoms with Crippen LogP contribution in [-0.2, 0) is 27.4 Å². The van der Waals surface area contributed by atoms with Crippen molar-refractivity contribution in [2.75, 3.05) is 31.1 Å². The number of ether oxygens (including phenoxy) is 1. The molecule has 0 radical (unpaired) electrons. The fourth-order valence-electron chi connectivity index (χ4n) is 5.31. The Labute approximate surface area is 240 Å². The third kappa shape index (κ3) is 6.71. The quantitative estimate of drug-likeness (QED) is 0.284. The predicted molar refractivity (Wildman–Crippen MR) is 157 cm³/mol. The predicted octanol–water partition coefficient (Wildman–Crippen LogP) is 3.74. The van der Waals surface area contributed by atoms with Crippen LogP contribution >= 0.6 is 0 Å². The number of nitrogens with one attached hydrogen (secondary N) is 1. The minimum Gasteiger partial charge on any atom is -0.376 e. The first kappa shape index (κ1) is 28.2. The van der Waals surface area contributed by atoms with Crippen molar-refractivity contribution in [2.24, 2.45) is 0 Å². The van der Waals surface area contributed by atoms with E-state index in [1.54, 1.807) is 22.0 Å². The molecular formula is C31H37N7O3. The molecule has 0 unspecified atom stereocenters. The van der Waals surface area contributed by atoms with Crippen molar-refractivity contribution in [1.29, 1.82) is 0 Å². The van der Waals surface area contributed by atoms with Gasteiger partial charge in [0.2, 0.25) is 11.8 Å². The Balaban J connectivity index is 1.50. The molecule has 1 saturated heterocycles. The van der Waals surface area contributed by atoms with E-state index in [-0.39, 0.29) is 31.0 Å². The first-order valence-electron chi connectivity index (χ1n) is 14.3. The summed E-state index contributed by atoms with van der Waals surface area (Å²) in [5.74, 6) is -0.508. The van der Waals surface area contributed by atoms with Gasteiger partial charge in [-0.1, -0.05) is 35.5 Å². The summed E-state index contributed by atoms with van der Waals surface area (Å²) >= 11 is 0. The highest BCUT2D eigenvalue weighted by molar-refractivity contribution is 5.89. The van der Waals surface area contributed by atoms with E-state index in [2.05, 4.69) is 39.4 Å². The van der Waals surface area contributed by atoms with Crippen LogP contribution in [0.2, 0.25) is 0 Å². The standard InChI is InChI=1S/C31H37N7O3/c1-3-36(4-2)25-15-13-24(14-16-25)30(31(40)33-20-26-10-8-18-41-26)37(21-23-9-7-17-32-19-23)29(39)22-38-28-12-6-5-11-27(28)34-35-38/h5-7,9,11-17,19,26,30H,3-4,8,10,18,20-22H2,1-2H3,(H,33,40)/t26-,30+/m0/s1. The molecule has 2 aromatic carbocycles. The highest BCUT2D eigenvalue weighted by Gasteiger charge is 2.33. The number of para-hydroxylation sites is 1. The Morgan fingerprint density at radius 3 is 2.59 bits per heavy atom. The molecule has 5 rings (SSSR count). The Morgan fingerprint density at radius 2 is 1.88 bits per heavy atom. The lowest BCUT2D eigenvalue weighted by Gasteiger charge is -2.32. The monoisotopic (exact) mass is 555 g/mol. The zero-order valence-corrected chi connectivity index (χ0v) is 23.6. The van der Waals surface area contributed by atoms with Crippen molar-refractivity contribution < 1.29 is 14.3 Å². The summed E-state index contributed by atoms with van der Waals surface area (Å²) in [4.78, 5) is 36.2. The molecule has 2 atom stereocenters. The lowest BCUT2D eigenvalue weighted by atomic mass is 10.0. The van der Waals surface area contributed by atoms with E-state index in [0.29, 0.717) is 18.7 Å². The molecule has 0 aliphatic carbocycles. The average Bonchev–Trinajstić information content (AvgIpc) is 3.68. The number of hydrogen-bond donors (Lipinski definition) is 1. The summed E-state index contributed by atoms with van der Waals surface area (Å²) in [6, 6.07) is 18.3. The first-order valence-corrected chi connectivity index (χ1v) is 14.3. The Kier molecular flexibility index (Phi) is 9.20. The van der Waals surface area contributed by atoms with Crippen LogP contribution in [0.15, 0.2) is 73.1 Å². The topological polar surface area (TPSA) is 105 Å². The molecule has 3 heterocycles. The molecule has 0 saturated carbocycles. The first-order chi connectivity index (χ1) is 20.1. The second-order valence-corrected chi connectivity index (χ2v) is 10.2. The van der Waals surface area contributed by atoms with E-state index >= 15 is 0 Å². The normalized spacial score (nSPS) is 15.5. The summed E-state index contributed by atoms with van der Waals surface area (Å²) in [7, 11) is 0. The number of carbonyl (C=O) groups excluding carboxylic acids is 2. The molecule has 1 aliphatic rings. The number of aromatic nitrogens is 4. The average molecular weight is 556 g/mol. The molecule has 41 heavy (non-hydrogen) atoms. The van der Waals surface area contributed by atoms with E-state index in [9.17, 15) is 9.59 Å². The van der Waals surface area contributed by atoms with Crippen molar-refractivity contribution in [3.05, 3.63) is 84.2 Å². The van der Waals surface area contributed by atoms with Gasteiger partial charge in [0.1, 0.15) is 18.1 Å². The third-order valence-corrected chi connectivity index (χ3v) is 7.53. The molecule has 1 aliphatic heterocycles. The minimum atomic E-state index is -0.871. The second kappa shape index (κ2) is 13.4. The maximum Gasteiger partial charge on any atom is 0.247 e. The van der Waals surface area contributed by atoms with Gasteiger partial charge in [-0.3, -0.25) is 14.6 Å². The number of fused-ring (bicyclic) bond motifs is 1. The fourth-order valence-corrected chi connectivity index (χ4v) is 5.31. The molecule has 0 bridgehead atoms. The number of amides is 2. The fraction of sp³-hybridized carbons (Fsp3) is 0.387. The van der Waals surface area contributed by atoms with Crippen LogP contribution < -0.4 is 10.2 Å². The van der Waals surface area contributed by atoms with Crippen molar-refractivity contribution in [2.45, 2.75) is 51.9 Å². The molecule has 214 valence electrons. The van der Waals surface area contributed by atoms with E-state index in [1.165, 1.54) is 0 Å². The summed E-state index contributed by atoms with van der Waals surface area (Å²) in [5.41, 5.74) is 4.08. The summed E-state index contributed by atoms with van der Waals surface area (Å²) in [6.07, 6.45) is 5.27. The van der Waals surface area contributed by atoms with E-state index in [1.807, 2.05) is 60.7 Å². The third-order valence-electron chi connectivity index (χ3n) is 7.53. The molecule has 1 fully saturated rings. The van der Waals surface area contributed by atoms with Crippen molar-refractivity contribution in [1.82, 2.24) is 30.2 Å². The lowest BCUT2D eigenvalue weighted by Crippen LogP contribution is -2.46. The number of nitrogens with zero attached hydrogens (tertiary/aromatic N) is 6. The van der Waals surface area contributed by atoms with Crippen LogP contribution in [0, 0.1) is 0 Å². The van der Waals surface area contributed by atoms with Gasteiger partial charge in [-0.05, 0) is 68.1 Å². The number of anilines is 1. The second-order valence-electron chi connectivity index (χ2n) is 10.2. The molecule has 2 aromatic heterocycles. The summed E-state index contributed by atoms with van der Waals surface area (Å²) in [5, 5.41) is 11.5. The molecule has 4 aromatic rings. The smallest absolute Gasteiger partial charge is 0.247 e. The van der Waals surface area contributed by atoms with Gasteiger partial charge < -0.3 is 19.9 Å². The Hall–Kier alpha value is -4.31. The van der Waals surface area contributed by atoms with Crippen LogP contribution in [0.4, 0.5) is 5.69 Å². The van der Waals surface area contributed by atoms with Gasteiger partial charge in [0.15, 0.2) is 0 Å². The number of carbonyl (C=O) groups is 2. The van der Waals surface area contributed by atoms with E-state index in [0.717, 1.165) is 48.3 Å². The minimum absolute atomic E-state index is 0.0198. The molecule has 10 nitrogen and oxygen atoms in total. The largest absolute Gasteiger partial charge is 0.376 e. The Morgan fingerprint density at radius 1 is 1.07 bits per heavy atom. The highest BCUT2D eigenvalue weighted by Crippen LogP contribution is 2.27. The van der Waals surface area contributed by atoms with Gasteiger partial charge >= 0.3 is 0 Å². The number of rotatable bonds is 12. The van der Waals surface area contributed by atoms with Crippen LogP contribution in [0.25, 0.3) is 11.0 Å². The van der Waals surface area contributed by atoms with Gasteiger partial charge in [0, 0.05) is 50.9 Å². The van der Waals surface area contributed by atoms with Crippen LogP contribution in [0.5, 0.6) is 0 Å². The Bertz CT molecular complexity index is 1430.